The van der Waals surface area contributed by atoms with Crippen LogP contribution in [0.3, 0.4) is 0 Å². The highest BCUT2D eigenvalue weighted by Crippen LogP contribution is 2.30. The third-order valence-electron chi connectivity index (χ3n) is 7.25. The molecule has 3 amide bonds. The Balaban J connectivity index is 1.36. The number of nitrogens with one attached hydrogen (secondary N) is 2. The van der Waals surface area contributed by atoms with E-state index in [1.807, 2.05) is 0 Å². The van der Waals surface area contributed by atoms with Crippen molar-refractivity contribution in [3.63, 3.8) is 0 Å². The largest absolute Gasteiger partial charge is 0.365 e. The van der Waals surface area contributed by atoms with Gasteiger partial charge in [0.05, 0.1) is 35.6 Å². The van der Waals surface area contributed by atoms with Gasteiger partial charge in [-0.3, -0.25) is 18.7 Å². The van der Waals surface area contributed by atoms with E-state index in [4.69, 9.17) is 10.00 Å². The molecule has 1 saturated carbocycles. The van der Waals surface area contributed by atoms with Gasteiger partial charge in [-0.2, -0.15) is 5.26 Å². The molecular weight excluding hydrogens is 557 g/mol. The van der Waals surface area contributed by atoms with Crippen molar-refractivity contribution in [1.82, 2.24) is 14.0 Å². The molecule has 220 valence electrons. The number of benzene rings is 2. The van der Waals surface area contributed by atoms with Gasteiger partial charge in [-0.1, -0.05) is 0 Å². The van der Waals surface area contributed by atoms with Crippen molar-refractivity contribution in [1.29, 1.82) is 5.26 Å². The second-order valence-electron chi connectivity index (χ2n) is 10.6. The highest BCUT2D eigenvalue weighted by molar-refractivity contribution is 5.96. The minimum Gasteiger partial charge on any atom is -0.365 e. The first-order chi connectivity index (χ1) is 20.0. The lowest BCUT2D eigenvalue weighted by Gasteiger charge is -2.32. The minimum absolute atomic E-state index is 0.0335. The molecule has 2 aromatic carbocycles. The number of nitriles is 1. The van der Waals surface area contributed by atoms with E-state index in [-0.39, 0.29) is 54.8 Å². The Kier molecular flexibility index (Phi) is 7.79. The first-order valence-corrected chi connectivity index (χ1v) is 13.3. The molecule has 1 saturated heterocycles. The number of morpholine rings is 1. The first kappa shape index (κ1) is 28.9. The molecule has 1 atom stereocenters. The van der Waals surface area contributed by atoms with Gasteiger partial charge in [-0.15, -0.1) is 0 Å². The maximum atomic E-state index is 15.8. The third kappa shape index (κ3) is 5.47. The highest BCUT2D eigenvalue weighted by atomic mass is 19.1. The van der Waals surface area contributed by atoms with E-state index < -0.39 is 58.0 Å². The number of rotatable bonds is 6. The normalized spacial score (nSPS) is 16.9. The molecule has 1 aliphatic heterocycles. The molecule has 0 bridgehead atoms. The molecule has 2 fully saturated rings. The van der Waals surface area contributed by atoms with E-state index >= 15 is 4.39 Å². The molecule has 0 radical (unpaired) electrons. The van der Waals surface area contributed by atoms with Gasteiger partial charge in [-0.25, -0.2) is 22.8 Å². The monoisotopic (exact) mass is 584 g/mol. The van der Waals surface area contributed by atoms with Crippen LogP contribution < -0.4 is 21.9 Å². The Morgan fingerprint density at radius 2 is 1.83 bits per heavy atom. The van der Waals surface area contributed by atoms with Gasteiger partial charge in [0.25, 0.3) is 11.5 Å². The number of hydrogen-bond donors (Lipinski definition) is 2. The Morgan fingerprint density at radius 1 is 1.10 bits per heavy atom. The second kappa shape index (κ2) is 11.3. The molecule has 3 aromatic rings. The van der Waals surface area contributed by atoms with Gasteiger partial charge in [0.1, 0.15) is 23.1 Å². The lowest BCUT2D eigenvalue weighted by molar-refractivity contribution is -0.131. The fraction of sp³-hybridized carbons (Fsp3) is 0.393. The molecule has 11 nitrogen and oxygen atoms in total. The highest BCUT2D eigenvalue weighted by Gasteiger charge is 2.31. The topological polar surface area (TPSA) is 138 Å². The summed E-state index contributed by atoms with van der Waals surface area (Å²) >= 11 is 0. The summed E-state index contributed by atoms with van der Waals surface area (Å²) in [5, 5.41) is 13.1. The molecule has 1 aromatic heterocycles. The van der Waals surface area contributed by atoms with Crippen LogP contribution in [0.25, 0.3) is 10.9 Å². The van der Waals surface area contributed by atoms with E-state index in [2.05, 4.69) is 10.6 Å². The SMILES string of the molecule is CC(C)n1c(=O)n(CC2CC2)c(=O)c2c(F)c(NC(=O)N3CCO[C@@H](C(=O)Nc4cc(F)c(C#N)cc4F)C3)ccc21. The van der Waals surface area contributed by atoms with Crippen LogP contribution in [0, 0.1) is 34.7 Å². The molecular formula is C28H27F3N6O5. The van der Waals surface area contributed by atoms with Gasteiger partial charge in [0, 0.05) is 25.2 Å². The molecule has 2 heterocycles. The van der Waals surface area contributed by atoms with Crippen LogP contribution in [0.2, 0.25) is 0 Å². The molecule has 0 spiro atoms. The van der Waals surface area contributed by atoms with E-state index in [9.17, 15) is 28.0 Å². The number of carbonyl (C=O) groups excluding carboxylic acids is 2. The zero-order valence-electron chi connectivity index (χ0n) is 22.7. The maximum Gasteiger partial charge on any atom is 0.331 e. The minimum atomic E-state index is -1.26. The Morgan fingerprint density at radius 3 is 2.50 bits per heavy atom. The lowest BCUT2D eigenvalue weighted by Crippen LogP contribution is -2.51. The summed E-state index contributed by atoms with van der Waals surface area (Å²) in [6.45, 7) is 3.34. The maximum absolute atomic E-state index is 15.8. The zero-order valence-corrected chi connectivity index (χ0v) is 22.7. The predicted octanol–water partition coefficient (Wildman–Crippen LogP) is 3.31. The van der Waals surface area contributed by atoms with E-state index in [0.29, 0.717) is 12.1 Å². The fourth-order valence-electron chi connectivity index (χ4n) is 4.87. The molecule has 42 heavy (non-hydrogen) atoms. The van der Waals surface area contributed by atoms with Crippen molar-refractivity contribution >= 4 is 34.2 Å². The summed E-state index contributed by atoms with van der Waals surface area (Å²) in [4.78, 5) is 53.3. The van der Waals surface area contributed by atoms with Crippen LogP contribution in [0.4, 0.5) is 29.3 Å². The standard InChI is InChI=1S/C28H27F3N6O5/c1-14(2)37-21-6-5-19(24(31)23(21)26(39)36(28(37)41)12-15-3-4-15)34-27(40)35-7-8-42-22(13-35)25(38)33-20-10-17(29)16(11-32)9-18(20)30/h5-6,9-10,14-15,22H,3-4,7-8,12-13H2,1-2H3,(H,33,38)(H,34,40)/t22-/m1/s1. The second-order valence-corrected chi connectivity index (χ2v) is 10.6. The summed E-state index contributed by atoms with van der Waals surface area (Å²) < 4.78 is 51.7. The summed E-state index contributed by atoms with van der Waals surface area (Å²) in [7, 11) is 0. The van der Waals surface area contributed by atoms with E-state index in [1.165, 1.54) is 27.7 Å². The van der Waals surface area contributed by atoms with Crippen molar-refractivity contribution < 1.29 is 27.5 Å². The van der Waals surface area contributed by atoms with Gasteiger partial charge < -0.3 is 20.3 Å². The number of anilines is 2. The third-order valence-corrected chi connectivity index (χ3v) is 7.25. The van der Waals surface area contributed by atoms with Crippen LogP contribution in [0.1, 0.15) is 38.3 Å². The smallest absolute Gasteiger partial charge is 0.331 e. The van der Waals surface area contributed by atoms with Crippen LogP contribution >= 0.6 is 0 Å². The van der Waals surface area contributed by atoms with Crippen molar-refractivity contribution in [2.24, 2.45) is 5.92 Å². The average Bonchev–Trinajstić information content (AvgIpc) is 3.78. The Bertz CT molecular complexity index is 1760. The molecule has 0 unspecified atom stereocenters. The summed E-state index contributed by atoms with van der Waals surface area (Å²) in [6.07, 6.45) is 0.489. The van der Waals surface area contributed by atoms with Crippen molar-refractivity contribution in [3.05, 3.63) is 68.1 Å². The van der Waals surface area contributed by atoms with Crippen LogP contribution in [0.15, 0.2) is 33.9 Å². The quantitative estimate of drug-likeness (QED) is 0.456. The van der Waals surface area contributed by atoms with E-state index in [1.54, 1.807) is 13.8 Å². The number of hydrogen-bond acceptors (Lipinski definition) is 6. The van der Waals surface area contributed by atoms with Crippen LogP contribution in [-0.4, -0.2) is 51.8 Å². The fourth-order valence-corrected chi connectivity index (χ4v) is 4.87. The molecule has 5 rings (SSSR count). The number of fused-ring (bicyclic) bond motifs is 1. The predicted molar refractivity (Wildman–Crippen MR) is 146 cm³/mol. The van der Waals surface area contributed by atoms with Crippen molar-refractivity contribution in [2.45, 2.75) is 45.4 Å². The number of ether oxygens (including phenoxy) is 1. The van der Waals surface area contributed by atoms with Crippen molar-refractivity contribution in [2.75, 3.05) is 30.3 Å². The van der Waals surface area contributed by atoms with Gasteiger partial charge in [-0.05, 0) is 50.8 Å². The number of nitrogens with zero attached hydrogens (tertiary/aromatic N) is 4. The van der Waals surface area contributed by atoms with Crippen LogP contribution in [-0.2, 0) is 16.1 Å². The summed E-state index contributed by atoms with van der Waals surface area (Å²) in [5.41, 5.74) is -2.52. The number of carbonyl (C=O) groups is 2. The van der Waals surface area contributed by atoms with Gasteiger partial charge in [0.2, 0.25) is 0 Å². The number of aromatic nitrogens is 2. The number of amides is 3. The van der Waals surface area contributed by atoms with Gasteiger partial charge >= 0.3 is 11.7 Å². The Hall–Kier alpha value is -4.64. The lowest BCUT2D eigenvalue weighted by atomic mass is 10.1. The van der Waals surface area contributed by atoms with E-state index in [0.717, 1.165) is 17.4 Å². The molecule has 2 aliphatic rings. The number of urea groups is 1. The van der Waals surface area contributed by atoms with Gasteiger partial charge in [0.15, 0.2) is 11.9 Å². The summed E-state index contributed by atoms with van der Waals surface area (Å²) in [6, 6.07) is 4.31. The first-order valence-electron chi connectivity index (χ1n) is 13.3. The Labute approximate surface area is 237 Å². The van der Waals surface area contributed by atoms with Crippen molar-refractivity contribution in [3.8, 4) is 6.07 Å². The molecule has 2 N–H and O–H groups in total. The number of halogens is 3. The molecule has 1 aliphatic carbocycles. The zero-order chi connectivity index (χ0) is 30.3. The average molecular weight is 585 g/mol. The van der Waals surface area contributed by atoms with Crippen LogP contribution in [0.5, 0.6) is 0 Å². The summed E-state index contributed by atoms with van der Waals surface area (Å²) in [5.74, 6) is -3.74. The molecule has 14 heteroatoms.